The number of ether oxygens (including phenoxy) is 1. The highest BCUT2D eigenvalue weighted by molar-refractivity contribution is 6.30. The third-order valence-electron chi connectivity index (χ3n) is 4.25. The molecule has 0 aliphatic carbocycles. The van der Waals surface area contributed by atoms with Gasteiger partial charge in [-0.1, -0.05) is 54.1 Å². The lowest BCUT2D eigenvalue weighted by atomic mass is 10.2. The summed E-state index contributed by atoms with van der Waals surface area (Å²) in [5, 5.41) is 0.706. The molecule has 138 valence electrons. The molecule has 0 amide bonds. The normalized spacial score (nSPS) is 11.2. The second kappa shape index (κ2) is 8.11. The van der Waals surface area contributed by atoms with Gasteiger partial charge >= 0.3 is 0 Å². The Labute approximate surface area is 167 Å². The van der Waals surface area contributed by atoms with Crippen LogP contribution in [0, 0.1) is 0 Å². The first-order valence-corrected chi connectivity index (χ1v) is 9.20. The van der Waals surface area contributed by atoms with E-state index in [9.17, 15) is 4.79 Å². The van der Waals surface area contributed by atoms with Gasteiger partial charge in [0.25, 0.3) is 0 Å². The summed E-state index contributed by atoms with van der Waals surface area (Å²) in [5.41, 5.74) is 3.58. The molecule has 0 saturated carbocycles. The molecule has 0 atom stereocenters. The second-order valence-corrected chi connectivity index (χ2v) is 6.72. The summed E-state index contributed by atoms with van der Waals surface area (Å²) in [6, 6.07) is 22.7. The fourth-order valence-electron chi connectivity index (χ4n) is 2.74. The number of carbonyl (C=O) groups is 1. The van der Waals surface area contributed by atoms with Crippen molar-refractivity contribution < 1.29 is 9.53 Å². The molecule has 0 spiro atoms. The summed E-state index contributed by atoms with van der Waals surface area (Å²) >= 11 is 5.88. The molecule has 0 radical (unpaired) electrons. The number of rotatable bonds is 6. The van der Waals surface area contributed by atoms with E-state index in [-0.39, 0.29) is 5.78 Å². The quantitative estimate of drug-likeness (QED) is 0.341. The van der Waals surface area contributed by atoms with Crippen molar-refractivity contribution in [3.05, 3.63) is 101 Å². The maximum atomic E-state index is 12.3. The van der Waals surface area contributed by atoms with Crippen LogP contribution in [0.4, 0.5) is 0 Å². The Bertz CT molecular complexity index is 1100. The summed E-state index contributed by atoms with van der Waals surface area (Å²) in [5.74, 6) is 0.926. The van der Waals surface area contributed by atoms with Crippen molar-refractivity contribution in [1.29, 1.82) is 0 Å². The lowest BCUT2D eigenvalue weighted by molar-refractivity contribution is 0.103. The van der Waals surface area contributed by atoms with E-state index in [1.807, 2.05) is 72.8 Å². The Kier molecular flexibility index (Phi) is 5.22. The fraction of sp³-hybridized carbons (Fsp3) is 0.0435. The number of nitrogens with zero attached hydrogens (tertiary/aromatic N) is 1. The topological polar surface area (TPSA) is 55.0 Å². The van der Waals surface area contributed by atoms with Gasteiger partial charge in [-0.3, -0.25) is 4.79 Å². The number of aromatic amines is 1. The van der Waals surface area contributed by atoms with Crippen molar-refractivity contribution in [1.82, 2.24) is 9.97 Å². The number of fused-ring (bicyclic) bond motifs is 1. The molecule has 28 heavy (non-hydrogen) atoms. The lowest BCUT2D eigenvalue weighted by Crippen LogP contribution is -1.96. The van der Waals surface area contributed by atoms with E-state index in [1.54, 1.807) is 6.08 Å². The third-order valence-corrected chi connectivity index (χ3v) is 4.50. The van der Waals surface area contributed by atoms with Gasteiger partial charge in [0.2, 0.25) is 5.78 Å². The van der Waals surface area contributed by atoms with Crippen molar-refractivity contribution in [2.45, 2.75) is 6.61 Å². The Morgan fingerprint density at radius 1 is 1.00 bits per heavy atom. The molecule has 1 aromatic heterocycles. The highest BCUT2D eigenvalue weighted by atomic mass is 35.5. The van der Waals surface area contributed by atoms with Crippen LogP contribution in [-0.2, 0) is 6.61 Å². The summed E-state index contributed by atoms with van der Waals surface area (Å²) in [7, 11) is 0. The van der Waals surface area contributed by atoms with E-state index < -0.39 is 0 Å². The SMILES string of the molecule is O=C(/C=C/c1ccc(OCc2ccc(Cl)cc2)cc1)c1nc2ccccc2[nH]1. The maximum absolute atomic E-state index is 12.3. The monoisotopic (exact) mass is 388 g/mol. The van der Waals surface area contributed by atoms with Crippen LogP contribution in [0.3, 0.4) is 0 Å². The average Bonchev–Trinajstić information content (AvgIpc) is 3.17. The molecule has 0 bridgehead atoms. The van der Waals surface area contributed by atoms with Crippen molar-refractivity contribution in [3.8, 4) is 5.75 Å². The number of halogens is 1. The average molecular weight is 389 g/mol. The molecule has 0 unspecified atom stereocenters. The van der Waals surface area contributed by atoms with Crippen molar-refractivity contribution in [2.75, 3.05) is 0 Å². The number of ketones is 1. The van der Waals surface area contributed by atoms with Crippen LogP contribution in [-0.4, -0.2) is 15.8 Å². The zero-order valence-electron chi connectivity index (χ0n) is 14.9. The number of hydrogen-bond acceptors (Lipinski definition) is 3. The molecule has 1 heterocycles. The standard InChI is InChI=1S/C23H17ClN2O2/c24-18-10-5-17(6-11-18)15-28-19-12-7-16(8-13-19)9-14-22(27)23-25-20-3-1-2-4-21(20)26-23/h1-14H,15H2,(H,25,26)/b14-9+. The number of carbonyl (C=O) groups excluding carboxylic acids is 1. The molecule has 1 N–H and O–H groups in total. The Balaban J connectivity index is 1.38. The number of para-hydroxylation sites is 2. The van der Waals surface area contributed by atoms with Crippen LogP contribution in [0.5, 0.6) is 5.75 Å². The van der Waals surface area contributed by atoms with Gasteiger partial charge in [0.15, 0.2) is 5.82 Å². The number of hydrogen-bond donors (Lipinski definition) is 1. The number of aromatic nitrogens is 2. The molecule has 0 fully saturated rings. The first-order chi connectivity index (χ1) is 13.7. The van der Waals surface area contributed by atoms with Crippen LogP contribution in [0.15, 0.2) is 78.9 Å². The zero-order chi connectivity index (χ0) is 19.3. The summed E-state index contributed by atoms with van der Waals surface area (Å²) < 4.78 is 5.77. The molecule has 5 heteroatoms. The smallest absolute Gasteiger partial charge is 0.221 e. The van der Waals surface area contributed by atoms with E-state index in [0.717, 1.165) is 27.9 Å². The van der Waals surface area contributed by atoms with Gasteiger partial charge in [0.05, 0.1) is 11.0 Å². The van der Waals surface area contributed by atoms with Gasteiger partial charge in [0, 0.05) is 5.02 Å². The van der Waals surface area contributed by atoms with Gasteiger partial charge in [-0.25, -0.2) is 4.98 Å². The predicted molar refractivity (Wildman–Crippen MR) is 112 cm³/mol. The van der Waals surface area contributed by atoms with Gasteiger partial charge < -0.3 is 9.72 Å². The molecule has 4 aromatic rings. The number of benzene rings is 3. The number of nitrogens with one attached hydrogen (secondary N) is 1. The molecular weight excluding hydrogens is 372 g/mol. The van der Waals surface area contributed by atoms with Gasteiger partial charge in [-0.05, 0) is 53.6 Å². The minimum absolute atomic E-state index is 0.167. The summed E-state index contributed by atoms with van der Waals surface area (Å²) in [6.45, 7) is 0.469. The maximum Gasteiger partial charge on any atom is 0.221 e. The molecule has 4 nitrogen and oxygen atoms in total. The van der Waals surface area contributed by atoms with E-state index >= 15 is 0 Å². The van der Waals surface area contributed by atoms with E-state index in [0.29, 0.717) is 17.5 Å². The van der Waals surface area contributed by atoms with E-state index in [4.69, 9.17) is 16.3 Å². The molecule has 0 aliphatic heterocycles. The van der Waals surface area contributed by atoms with E-state index in [2.05, 4.69) is 9.97 Å². The Morgan fingerprint density at radius 2 is 1.75 bits per heavy atom. The van der Waals surface area contributed by atoms with E-state index in [1.165, 1.54) is 6.08 Å². The zero-order valence-corrected chi connectivity index (χ0v) is 15.7. The Hall–Kier alpha value is -3.37. The van der Waals surface area contributed by atoms with Gasteiger partial charge in [-0.2, -0.15) is 0 Å². The fourth-order valence-corrected chi connectivity index (χ4v) is 2.87. The number of allylic oxidation sites excluding steroid dienone is 1. The lowest BCUT2D eigenvalue weighted by Gasteiger charge is -2.06. The van der Waals surface area contributed by atoms with Crippen LogP contribution in [0.2, 0.25) is 5.02 Å². The second-order valence-electron chi connectivity index (χ2n) is 6.28. The molecule has 4 rings (SSSR count). The predicted octanol–water partition coefficient (Wildman–Crippen LogP) is 5.69. The molecule has 0 saturated heterocycles. The Morgan fingerprint density at radius 3 is 2.50 bits per heavy atom. The van der Waals surface area contributed by atoms with Gasteiger partial charge in [0.1, 0.15) is 12.4 Å². The highest BCUT2D eigenvalue weighted by Crippen LogP contribution is 2.17. The van der Waals surface area contributed by atoms with Crippen molar-refractivity contribution in [3.63, 3.8) is 0 Å². The minimum Gasteiger partial charge on any atom is -0.489 e. The highest BCUT2D eigenvalue weighted by Gasteiger charge is 2.07. The third kappa shape index (κ3) is 4.30. The first-order valence-electron chi connectivity index (χ1n) is 8.82. The first kappa shape index (κ1) is 18.0. The van der Waals surface area contributed by atoms with Crippen LogP contribution in [0.1, 0.15) is 21.7 Å². The summed E-state index contributed by atoms with van der Waals surface area (Å²) in [6.07, 6.45) is 3.28. The molecular formula is C23H17ClN2O2. The van der Waals surface area contributed by atoms with Crippen LogP contribution >= 0.6 is 11.6 Å². The largest absolute Gasteiger partial charge is 0.489 e. The van der Waals surface area contributed by atoms with Crippen LogP contribution in [0.25, 0.3) is 17.1 Å². The van der Waals surface area contributed by atoms with Crippen LogP contribution < -0.4 is 4.74 Å². The van der Waals surface area contributed by atoms with Crippen molar-refractivity contribution in [2.24, 2.45) is 0 Å². The summed E-state index contributed by atoms with van der Waals surface area (Å²) in [4.78, 5) is 19.7. The number of imidazole rings is 1. The number of H-pyrrole nitrogens is 1. The molecule has 3 aromatic carbocycles. The van der Waals surface area contributed by atoms with Crippen molar-refractivity contribution >= 4 is 34.5 Å². The van der Waals surface area contributed by atoms with Gasteiger partial charge in [-0.15, -0.1) is 0 Å². The molecule has 0 aliphatic rings. The minimum atomic E-state index is -0.167.